The highest BCUT2D eigenvalue weighted by Crippen LogP contribution is 2.24. The van der Waals surface area contributed by atoms with E-state index in [1.807, 2.05) is 36.4 Å². The molecule has 2 nitrogen and oxygen atoms in total. The quantitative estimate of drug-likeness (QED) is 0.512. The fourth-order valence-corrected chi connectivity index (χ4v) is 1.48. The Morgan fingerprint density at radius 3 is 2.29 bits per heavy atom. The summed E-state index contributed by atoms with van der Waals surface area (Å²) >= 11 is 0. The van der Waals surface area contributed by atoms with Crippen molar-refractivity contribution in [2.75, 3.05) is 0 Å². The molecule has 14 heavy (non-hydrogen) atoms. The molecule has 1 aliphatic carbocycles. The Labute approximate surface area is 82.3 Å². The van der Waals surface area contributed by atoms with Crippen LogP contribution in [0.5, 0.6) is 0 Å². The molecule has 2 heteroatoms. The second kappa shape index (κ2) is 3.86. The molecule has 0 amide bonds. The van der Waals surface area contributed by atoms with Crippen molar-refractivity contribution in [3.05, 3.63) is 54.1 Å². The van der Waals surface area contributed by atoms with Crippen molar-refractivity contribution in [1.29, 1.82) is 0 Å². The molecule has 68 valence electrons. The summed E-state index contributed by atoms with van der Waals surface area (Å²) in [4.78, 5) is 13.5. The van der Waals surface area contributed by atoms with Gasteiger partial charge in [0.05, 0.1) is 5.69 Å². The molecule has 0 heterocycles. The predicted octanol–water partition coefficient (Wildman–Crippen LogP) is 2.86. The number of allylic oxidation sites excluding steroid dienone is 4. The summed E-state index contributed by atoms with van der Waals surface area (Å²) in [5.74, 6) is 0.365. The molecule has 0 atom stereocenters. The highest BCUT2D eigenvalue weighted by Gasteiger charge is 2.05. The molecule has 0 radical (unpaired) electrons. The van der Waals surface area contributed by atoms with Crippen LogP contribution in [0.15, 0.2) is 53.6 Å². The van der Waals surface area contributed by atoms with Gasteiger partial charge >= 0.3 is 0 Å². The Kier molecular flexibility index (Phi) is 2.39. The van der Waals surface area contributed by atoms with E-state index in [0.29, 0.717) is 11.6 Å². The molecule has 0 saturated heterocycles. The Balaban J connectivity index is 2.25. The van der Waals surface area contributed by atoms with Gasteiger partial charge in [0.15, 0.2) is 0 Å². The third kappa shape index (κ3) is 1.70. The largest absolute Gasteiger partial charge is 0.240 e. The second-order valence-electron chi connectivity index (χ2n) is 3.09. The Morgan fingerprint density at radius 1 is 1.07 bits per heavy atom. The normalized spacial score (nSPS) is 14.3. The van der Waals surface area contributed by atoms with Crippen LogP contribution in [0.2, 0.25) is 0 Å². The lowest BCUT2D eigenvalue weighted by Crippen LogP contribution is -1.86. The first-order valence-electron chi connectivity index (χ1n) is 4.43. The lowest BCUT2D eigenvalue weighted by molar-refractivity contribution is 0.565. The SMILES string of the molecule is O=C=Nc1ccc(C2C=CC=C2)cc1. The van der Waals surface area contributed by atoms with Crippen molar-refractivity contribution < 1.29 is 4.79 Å². The van der Waals surface area contributed by atoms with Gasteiger partial charge in [-0.3, -0.25) is 0 Å². The Hall–Kier alpha value is -1.92. The van der Waals surface area contributed by atoms with Gasteiger partial charge in [0.1, 0.15) is 0 Å². The molecule has 1 aromatic carbocycles. The molecule has 1 aromatic rings. The molecule has 0 saturated carbocycles. The lowest BCUT2D eigenvalue weighted by atomic mass is 10.0. The summed E-state index contributed by atoms with van der Waals surface area (Å²) in [5, 5.41) is 0. The Bertz CT molecular complexity index is 410. The van der Waals surface area contributed by atoms with Crippen molar-refractivity contribution in [1.82, 2.24) is 0 Å². The fraction of sp³-hybridized carbons (Fsp3) is 0.0833. The first-order valence-corrected chi connectivity index (χ1v) is 4.43. The summed E-state index contributed by atoms with van der Waals surface area (Å²) in [5.41, 5.74) is 1.86. The molecule has 2 rings (SSSR count). The maximum absolute atomic E-state index is 10.0. The van der Waals surface area contributed by atoms with Crippen molar-refractivity contribution in [3.8, 4) is 0 Å². The molecule has 0 aliphatic heterocycles. The zero-order chi connectivity index (χ0) is 9.80. The van der Waals surface area contributed by atoms with Gasteiger partial charge in [-0.1, -0.05) is 36.4 Å². The standard InChI is InChI=1S/C12H9NO/c14-9-13-12-7-5-11(6-8-12)10-3-1-2-4-10/h1-8,10H. The molecule has 0 fully saturated rings. The van der Waals surface area contributed by atoms with Crippen LogP contribution in [0, 0.1) is 0 Å². The first kappa shape index (κ1) is 8.67. The molecule has 0 N–H and O–H groups in total. The second-order valence-corrected chi connectivity index (χ2v) is 3.09. The molecule has 0 aromatic heterocycles. The van der Waals surface area contributed by atoms with Gasteiger partial charge in [0.2, 0.25) is 6.08 Å². The number of carbonyl (C=O) groups excluding carboxylic acids is 1. The van der Waals surface area contributed by atoms with E-state index in [9.17, 15) is 4.79 Å². The highest BCUT2D eigenvalue weighted by atomic mass is 16.1. The summed E-state index contributed by atoms with van der Waals surface area (Å²) in [7, 11) is 0. The summed E-state index contributed by atoms with van der Waals surface area (Å²) < 4.78 is 0. The number of hydrogen-bond donors (Lipinski definition) is 0. The summed E-state index contributed by atoms with van der Waals surface area (Å²) in [6.07, 6.45) is 9.83. The first-order chi connectivity index (χ1) is 6.90. The molecule has 0 spiro atoms. The van der Waals surface area contributed by atoms with Crippen LogP contribution in [-0.4, -0.2) is 6.08 Å². The zero-order valence-corrected chi connectivity index (χ0v) is 7.55. The third-order valence-corrected chi connectivity index (χ3v) is 2.20. The highest BCUT2D eigenvalue weighted by molar-refractivity contribution is 5.50. The number of benzene rings is 1. The van der Waals surface area contributed by atoms with Gasteiger partial charge < -0.3 is 0 Å². The van der Waals surface area contributed by atoms with E-state index in [4.69, 9.17) is 0 Å². The lowest BCUT2D eigenvalue weighted by Gasteiger charge is -2.04. The monoisotopic (exact) mass is 183 g/mol. The topological polar surface area (TPSA) is 29.4 Å². The van der Waals surface area contributed by atoms with E-state index in [2.05, 4.69) is 17.1 Å². The minimum Gasteiger partial charge on any atom is -0.211 e. The number of rotatable bonds is 2. The minimum atomic E-state index is 0.365. The molecule has 1 aliphatic rings. The number of nitrogens with zero attached hydrogens (tertiary/aromatic N) is 1. The predicted molar refractivity (Wildman–Crippen MR) is 55.2 cm³/mol. The van der Waals surface area contributed by atoms with E-state index in [-0.39, 0.29) is 0 Å². The van der Waals surface area contributed by atoms with Gasteiger partial charge in [0.25, 0.3) is 0 Å². The van der Waals surface area contributed by atoms with Crippen molar-refractivity contribution in [2.45, 2.75) is 5.92 Å². The maximum atomic E-state index is 10.0. The minimum absolute atomic E-state index is 0.365. The van der Waals surface area contributed by atoms with Crippen LogP contribution in [0.1, 0.15) is 11.5 Å². The summed E-state index contributed by atoms with van der Waals surface area (Å²) in [6.45, 7) is 0. The average molecular weight is 183 g/mol. The number of hydrogen-bond acceptors (Lipinski definition) is 2. The summed E-state index contributed by atoms with van der Waals surface area (Å²) in [6, 6.07) is 7.59. The maximum Gasteiger partial charge on any atom is 0.240 e. The van der Waals surface area contributed by atoms with E-state index in [1.165, 1.54) is 11.6 Å². The average Bonchev–Trinajstić information content (AvgIpc) is 2.72. The molecule has 0 unspecified atom stereocenters. The van der Waals surface area contributed by atoms with Crippen molar-refractivity contribution in [2.24, 2.45) is 4.99 Å². The van der Waals surface area contributed by atoms with E-state index in [0.717, 1.165) is 0 Å². The van der Waals surface area contributed by atoms with Crippen LogP contribution in [0.3, 0.4) is 0 Å². The Morgan fingerprint density at radius 2 is 1.71 bits per heavy atom. The van der Waals surface area contributed by atoms with Crippen LogP contribution in [0.25, 0.3) is 0 Å². The van der Waals surface area contributed by atoms with Gasteiger partial charge in [-0.25, -0.2) is 4.79 Å². The van der Waals surface area contributed by atoms with Gasteiger partial charge in [-0.15, -0.1) is 0 Å². The van der Waals surface area contributed by atoms with E-state index in [1.54, 1.807) is 0 Å². The van der Waals surface area contributed by atoms with Crippen molar-refractivity contribution in [3.63, 3.8) is 0 Å². The zero-order valence-electron chi connectivity index (χ0n) is 7.55. The van der Waals surface area contributed by atoms with E-state index >= 15 is 0 Å². The molecule has 0 bridgehead atoms. The number of aliphatic imine (C=N–C) groups is 1. The molecular weight excluding hydrogens is 174 g/mol. The van der Waals surface area contributed by atoms with Crippen LogP contribution < -0.4 is 0 Å². The van der Waals surface area contributed by atoms with Crippen LogP contribution in [0.4, 0.5) is 5.69 Å². The fourth-order valence-electron chi connectivity index (χ4n) is 1.48. The molecular formula is C12H9NO. The van der Waals surface area contributed by atoms with Gasteiger partial charge in [-0.05, 0) is 17.7 Å². The third-order valence-electron chi connectivity index (χ3n) is 2.20. The smallest absolute Gasteiger partial charge is 0.211 e. The van der Waals surface area contributed by atoms with Gasteiger partial charge in [-0.2, -0.15) is 4.99 Å². The van der Waals surface area contributed by atoms with E-state index < -0.39 is 0 Å². The number of isocyanates is 1. The van der Waals surface area contributed by atoms with Crippen LogP contribution in [-0.2, 0) is 4.79 Å². The van der Waals surface area contributed by atoms with Crippen molar-refractivity contribution >= 4 is 11.8 Å². The van der Waals surface area contributed by atoms with Crippen LogP contribution >= 0.6 is 0 Å². The van der Waals surface area contributed by atoms with Gasteiger partial charge in [0, 0.05) is 5.92 Å².